The lowest BCUT2D eigenvalue weighted by atomic mass is 10.2. The van der Waals surface area contributed by atoms with Gasteiger partial charge in [0.05, 0.1) is 23.9 Å². The maximum Gasteiger partial charge on any atom is 0.315 e. The SMILES string of the molecule is C#CCn1c(=NC(=O)c2cc3cccc(OC)c3o2)sc2cc(F)ccc21. The minimum atomic E-state index is -0.550. The smallest absolute Gasteiger partial charge is 0.315 e. The number of carbonyl (C=O) groups is 1. The summed E-state index contributed by atoms with van der Waals surface area (Å²) in [6, 6.07) is 11.3. The fourth-order valence-electron chi connectivity index (χ4n) is 2.82. The van der Waals surface area contributed by atoms with Crippen molar-refractivity contribution >= 4 is 38.4 Å². The molecule has 0 saturated carbocycles. The van der Waals surface area contributed by atoms with Crippen LogP contribution >= 0.6 is 11.3 Å². The van der Waals surface area contributed by atoms with Gasteiger partial charge in [0.1, 0.15) is 5.82 Å². The summed E-state index contributed by atoms with van der Waals surface area (Å²) < 4.78 is 26.8. The molecule has 2 aromatic heterocycles. The van der Waals surface area contributed by atoms with E-state index in [1.807, 2.05) is 12.1 Å². The monoisotopic (exact) mass is 380 g/mol. The first-order valence-electron chi connectivity index (χ1n) is 7.98. The van der Waals surface area contributed by atoms with Crippen molar-refractivity contribution in [3.05, 3.63) is 58.8 Å². The Morgan fingerprint density at radius 2 is 2.22 bits per heavy atom. The highest BCUT2D eigenvalue weighted by Gasteiger charge is 2.15. The highest BCUT2D eigenvalue weighted by atomic mass is 32.1. The zero-order valence-corrected chi connectivity index (χ0v) is 15.0. The molecule has 0 N–H and O–H groups in total. The number of ether oxygens (including phenoxy) is 1. The molecule has 27 heavy (non-hydrogen) atoms. The van der Waals surface area contributed by atoms with Gasteiger partial charge in [-0.1, -0.05) is 29.4 Å². The quantitative estimate of drug-likeness (QED) is 0.506. The lowest BCUT2D eigenvalue weighted by Gasteiger charge is -1.99. The van der Waals surface area contributed by atoms with Gasteiger partial charge in [0.2, 0.25) is 0 Å². The second-order valence-electron chi connectivity index (χ2n) is 5.69. The molecule has 0 saturated heterocycles. The molecular weight excluding hydrogens is 367 g/mol. The molecule has 0 unspecified atom stereocenters. The minimum absolute atomic E-state index is 0.0883. The molecule has 0 fully saturated rings. The Bertz CT molecular complexity index is 1290. The summed E-state index contributed by atoms with van der Waals surface area (Å²) in [6.45, 7) is 0.214. The van der Waals surface area contributed by atoms with Crippen LogP contribution in [0.4, 0.5) is 4.39 Å². The van der Waals surface area contributed by atoms with Gasteiger partial charge < -0.3 is 13.7 Å². The lowest BCUT2D eigenvalue weighted by Crippen LogP contribution is -2.16. The van der Waals surface area contributed by atoms with Crippen molar-refractivity contribution < 1.29 is 18.3 Å². The van der Waals surface area contributed by atoms with Gasteiger partial charge in [-0.15, -0.1) is 6.42 Å². The molecule has 4 rings (SSSR count). The number of hydrogen-bond acceptors (Lipinski definition) is 4. The highest BCUT2D eigenvalue weighted by molar-refractivity contribution is 7.16. The fraction of sp³-hybridized carbons (Fsp3) is 0.100. The molecule has 4 aromatic rings. The topological polar surface area (TPSA) is 56.7 Å². The van der Waals surface area contributed by atoms with Crippen molar-refractivity contribution in [2.24, 2.45) is 4.99 Å². The number of carbonyl (C=O) groups excluding carboxylic acids is 1. The Morgan fingerprint density at radius 3 is 3.00 bits per heavy atom. The average Bonchev–Trinajstić information content (AvgIpc) is 3.23. The normalized spacial score (nSPS) is 11.8. The molecule has 134 valence electrons. The third-order valence-corrected chi connectivity index (χ3v) is 5.07. The molecule has 0 spiro atoms. The molecule has 5 nitrogen and oxygen atoms in total. The van der Waals surface area contributed by atoms with Gasteiger partial charge in [0.25, 0.3) is 0 Å². The van der Waals surface area contributed by atoms with Crippen molar-refractivity contribution in [2.45, 2.75) is 6.54 Å². The van der Waals surface area contributed by atoms with E-state index in [0.29, 0.717) is 20.8 Å². The number of hydrogen-bond donors (Lipinski definition) is 0. The number of methoxy groups -OCH3 is 1. The van der Waals surface area contributed by atoms with Gasteiger partial charge in [-0.2, -0.15) is 4.99 Å². The van der Waals surface area contributed by atoms with E-state index in [4.69, 9.17) is 15.6 Å². The van der Waals surface area contributed by atoms with Gasteiger partial charge in [-0.05, 0) is 30.3 Å². The number of rotatable bonds is 3. The molecule has 7 heteroatoms. The van der Waals surface area contributed by atoms with Crippen LogP contribution in [0.25, 0.3) is 21.2 Å². The van der Waals surface area contributed by atoms with Crippen LogP contribution in [0, 0.1) is 18.2 Å². The van der Waals surface area contributed by atoms with Gasteiger partial charge in [0, 0.05) is 5.39 Å². The zero-order valence-electron chi connectivity index (χ0n) is 14.2. The molecule has 2 aromatic carbocycles. The van der Waals surface area contributed by atoms with E-state index in [0.717, 1.165) is 10.9 Å². The van der Waals surface area contributed by atoms with Crippen molar-refractivity contribution in [1.82, 2.24) is 4.57 Å². The third-order valence-electron chi connectivity index (χ3n) is 4.03. The van der Waals surface area contributed by atoms with Gasteiger partial charge in [0.15, 0.2) is 21.9 Å². The van der Waals surface area contributed by atoms with Crippen molar-refractivity contribution in [2.75, 3.05) is 7.11 Å². The van der Waals surface area contributed by atoms with Crippen LogP contribution in [-0.4, -0.2) is 17.6 Å². The number of aromatic nitrogens is 1. The number of halogens is 1. The molecule has 1 amide bonds. The Hall–Kier alpha value is -3.37. The molecule has 0 atom stereocenters. The predicted molar refractivity (Wildman–Crippen MR) is 101 cm³/mol. The van der Waals surface area contributed by atoms with Crippen molar-refractivity contribution in [3.8, 4) is 18.1 Å². The maximum atomic E-state index is 13.5. The van der Waals surface area contributed by atoms with E-state index in [-0.39, 0.29) is 18.1 Å². The molecule has 0 aliphatic rings. The van der Waals surface area contributed by atoms with Crippen LogP contribution in [0.2, 0.25) is 0 Å². The Labute approximate surface area is 157 Å². The molecule has 0 aliphatic carbocycles. The Kier molecular flexibility index (Phi) is 4.26. The number of amides is 1. The molecular formula is C20H13FN2O3S. The summed E-state index contributed by atoms with van der Waals surface area (Å²) in [5.41, 5.74) is 1.20. The molecule has 0 aliphatic heterocycles. The Morgan fingerprint density at radius 1 is 1.37 bits per heavy atom. The van der Waals surface area contributed by atoms with E-state index in [2.05, 4.69) is 10.9 Å². The number of furan rings is 1. The summed E-state index contributed by atoms with van der Waals surface area (Å²) in [7, 11) is 1.53. The summed E-state index contributed by atoms with van der Waals surface area (Å²) in [6.07, 6.45) is 5.44. The van der Waals surface area contributed by atoms with E-state index in [1.54, 1.807) is 22.8 Å². The number of para-hydroxylation sites is 1. The second kappa shape index (κ2) is 6.74. The Balaban J connectivity index is 1.85. The molecule has 0 bridgehead atoms. The maximum absolute atomic E-state index is 13.5. The van der Waals surface area contributed by atoms with Crippen LogP contribution in [0.3, 0.4) is 0 Å². The molecule has 0 radical (unpaired) electrons. The van der Waals surface area contributed by atoms with E-state index in [9.17, 15) is 9.18 Å². The number of fused-ring (bicyclic) bond motifs is 2. The number of benzene rings is 2. The predicted octanol–water partition coefficient (Wildman–Crippen LogP) is 3.97. The van der Waals surface area contributed by atoms with Gasteiger partial charge in [-0.25, -0.2) is 4.39 Å². The van der Waals surface area contributed by atoms with Crippen LogP contribution in [0.5, 0.6) is 5.75 Å². The second-order valence-corrected chi connectivity index (χ2v) is 6.70. The third kappa shape index (κ3) is 3.00. The van der Waals surface area contributed by atoms with E-state index >= 15 is 0 Å². The first-order valence-corrected chi connectivity index (χ1v) is 8.80. The standard InChI is InChI=1S/C20H13FN2O3S/c1-3-9-23-14-8-7-13(21)11-17(14)27-20(23)22-19(24)16-10-12-5-4-6-15(25-2)18(12)26-16/h1,4-8,10-11H,9H2,2H3. The van der Waals surface area contributed by atoms with Crippen LogP contribution in [0.1, 0.15) is 10.6 Å². The van der Waals surface area contributed by atoms with E-state index < -0.39 is 5.91 Å². The largest absolute Gasteiger partial charge is 0.493 e. The summed E-state index contributed by atoms with van der Waals surface area (Å²) in [5, 5.41) is 0.739. The van der Waals surface area contributed by atoms with Crippen LogP contribution in [0.15, 0.2) is 51.9 Å². The number of nitrogens with zero attached hydrogens (tertiary/aromatic N) is 2. The first-order chi connectivity index (χ1) is 13.1. The van der Waals surface area contributed by atoms with Crippen LogP contribution in [-0.2, 0) is 6.54 Å². The summed E-state index contributed by atoms with van der Waals surface area (Å²) in [5.74, 6) is 2.24. The van der Waals surface area contributed by atoms with Crippen LogP contribution < -0.4 is 9.54 Å². The molecule has 2 heterocycles. The van der Waals surface area contributed by atoms with Gasteiger partial charge >= 0.3 is 5.91 Å². The van der Waals surface area contributed by atoms with E-state index in [1.165, 1.54) is 30.6 Å². The first kappa shape index (κ1) is 17.1. The average molecular weight is 380 g/mol. The van der Waals surface area contributed by atoms with Crippen molar-refractivity contribution in [3.63, 3.8) is 0 Å². The number of terminal acetylenes is 1. The summed E-state index contributed by atoms with van der Waals surface area (Å²) >= 11 is 1.19. The highest BCUT2D eigenvalue weighted by Crippen LogP contribution is 2.28. The zero-order chi connectivity index (χ0) is 19.0. The number of thiazole rings is 1. The lowest BCUT2D eigenvalue weighted by molar-refractivity contribution is 0.0973. The van der Waals surface area contributed by atoms with Crippen molar-refractivity contribution in [1.29, 1.82) is 0 Å². The summed E-state index contributed by atoms with van der Waals surface area (Å²) in [4.78, 5) is 17.2. The fourth-order valence-corrected chi connectivity index (χ4v) is 3.87. The van der Waals surface area contributed by atoms with Gasteiger partial charge in [-0.3, -0.25) is 4.79 Å². The minimum Gasteiger partial charge on any atom is -0.493 e.